The van der Waals surface area contributed by atoms with Crippen LogP contribution in [-0.4, -0.2) is 4.57 Å². The second kappa shape index (κ2) is 3.08. The number of aryl methyl sites for hydroxylation is 2. The minimum atomic E-state index is -0.176. The minimum absolute atomic E-state index is 0.176. The average molecular weight is 193 g/mol. The van der Waals surface area contributed by atoms with Crippen LogP contribution in [0.3, 0.4) is 0 Å². The monoisotopic (exact) mass is 193 g/mol. The quantitative estimate of drug-likeness (QED) is 0.612. The standard InChI is InChI=1S/C11H14FN2/c1-4-14-8(2)13(3)10-6-5-9(12)7-11(10)14/h5-7H,4H2,1-3H3/q+1. The predicted octanol–water partition coefficient (Wildman–Crippen LogP) is 1.93. The third-order valence-electron chi connectivity index (χ3n) is 2.78. The summed E-state index contributed by atoms with van der Waals surface area (Å²) >= 11 is 0. The van der Waals surface area contributed by atoms with Gasteiger partial charge in [-0.15, -0.1) is 0 Å². The zero-order valence-electron chi connectivity index (χ0n) is 8.71. The molecule has 0 spiro atoms. The van der Waals surface area contributed by atoms with Crippen LogP contribution in [0.4, 0.5) is 4.39 Å². The molecule has 14 heavy (non-hydrogen) atoms. The zero-order chi connectivity index (χ0) is 10.3. The van der Waals surface area contributed by atoms with E-state index in [1.165, 1.54) is 6.07 Å². The van der Waals surface area contributed by atoms with E-state index in [-0.39, 0.29) is 5.82 Å². The van der Waals surface area contributed by atoms with E-state index in [4.69, 9.17) is 0 Å². The Balaban J connectivity index is 2.89. The lowest BCUT2D eigenvalue weighted by Gasteiger charge is -1.93. The Bertz CT molecular complexity index is 485. The summed E-state index contributed by atoms with van der Waals surface area (Å²) in [7, 11) is 2.00. The van der Waals surface area contributed by atoms with Crippen molar-refractivity contribution in [2.75, 3.05) is 0 Å². The molecule has 2 aromatic rings. The summed E-state index contributed by atoms with van der Waals surface area (Å²) in [5.41, 5.74) is 2.04. The Hall–Kier alpha value is -1.38. The Morgan fingerprint density at radius 3 is 2.79 bits per heavy atom. The van der Waals surface area contributed by atoms with Crippen molar-refractivity contribution in [3.05, 3.63) is 29.8 Å². The number of rotatable bonds is 1. The van der Waals surface area contributed by atoms with Crippen molar-refractivity contribution >= 4 is 11.0 Å². The van der Waals surface area contributed by atoms with Crippen LogP contribution in [0, 0.1) is 12.7 Å². The van der Waals surface area contributed by atoms with Crippen LogP contribution in [0.5, 0.6) is 0 Å². The number of imidazole rings is 1. The molecule has 0 bridgehead atoms. The fraction of sp³-hybridized carbons (Fsp3) is 0.364. The number of halogens is 1. The topological polar surface area (TPSA) is 8.81 Å². The fourth-order valence-electron chi connectivity index (χ4n) is 1.93. The van der Waals surface area contributed by atoms with Crippen LogP contribution >= 0.6 is 0 Å². The van der Waals surface area contributed by atoms with Gasteiger partial charge in [0.05, 0.1) is 13.6 Å². The van der Waals surface area contributed by atoms with Crippen molar-refractivity contribution < 1.29 is 8.96 Å². The molecule has 0 aliphatic rings. The summed E-state index contributed by atoms with van der Waals surface area (Å²) < 4.78 is 17.3. The van der Waals surface area contributed by atoms with Crippen molar-refractivity contribution in [1.82, 2.24) is 4.57 Å². The summed E-state index contributed by atoms with van der Waals surface area (Å²) in [5.74, 6) is 0.971. The van der Waals surface area contributed by atoms with E-state index in [1.54, 1.807) is 6.07 Å². The Morgan fingerprint density at radius 2 is 2.14 bits per heavy atom. The number of hydrogen-bond donors (Lipinski definition) is 0. The molecule has 0 unspecified atom stereocenters. The van der Waals surface area contributed by atoms with E-state index in [0.29, 0.717) is 0 Å². The first-order chi connectivity index (χ1) is 6.65. The molecule has 74 valence electrons. The minimum Gasteiger partial charge on any atom is -0.230 e. The molecule has 1 aromatic heterocycles. The first-order valence-electron chi connectivity index (χ1n) is 4.79. The molecule has 0 N–H and O–H groups in total. The van der Waals surface area contributed by atoms with Gasteiger partial charge in [0.15, 0.2) is 11.0 Å². The third kappa shape index (κ3) is 1.12. The van der Waals surface area contributed by atoms with Gasteiger partial charge in [0.1, 0.15) is 5.82 Å². The number of hydrogen-bond acceptors (Lipinski definition) is 0. The lowest BCUT2D eigenvalue weighted by atomic mass is 10.3. The van der Waals surface area contributed by atoms with Gasteiger partial charge in [-0.1, -0.05) is 0 Å². The van der Waals surface area contributed by atoms with E-state index in [9.17, 15) is 4.39 Å². The van der Waals surface area contributed by atoms with Crippen molar-refractivity contribution in [3.63, 3.8) is 0 Å². The molecule has 1 heterocycles. The highest BCUT2D eigenvalue weighted by Crippen LogP contribution is 2.14. The largest absolute Gasteiger partial charge is 0.253 e. The van der Waals surface area contributed by atoms with Crippen LogP contribution < -0.4 is 4.57 Å². The van der Waals surface area contributed by atoms with E-state index in [2.05, 4.69) is 16.1 Å². The molecule has 1 aromatic carbocycles. The molecule has 3 heteroatoms. The summed E-state index contributed by atoms with van der Waals surface area (Å²) in [6.45, 7) is 4.98. The van der Waals surface area contributed by atoms with Crippen molar-refractivity contribution in [2.24, 2.45) is 7.05 Å². The molecule has 0 amide bonds. The maximum absolute atomic E-state index is 13.1. The van der Waals surface area contributed by atoms with E-state index in [0.717, 1.165) is 23.4 Å². The Kier molecular flexibility index (Phi) is 2.02. The fourth-order valence-corrected chi connectivity index (χ4v) is 1.93. The van der Waals surface area contributed by atoms with Crippen LogP contribution in [0.25, 0.3) is 11.0 Å². The maximum Gasteiger partial charge on any atom is 0.253 e. The van der Waals surface area contributed by atoms with Gasteiger partial charge in [-0.3, -0.25) is 0 Å². The normalized spacial score (nSPS) is 11.1. The molecular formula is C11H14FN2+. The number of benzene rings is 1. The molecule has 0 fully saturated rings. The summed E-state index contributed by atoms with van der Waals surface area (Å²) in [4.78, 5) is 0. The highest BCUT2D eigenvalue weighted by molar-refractivity contribution is 5.72. The second-order valence-corrected chi connectivity index (χ2v) is 3.48. The lowest BCUT2D eigenvalue weighted by Crippen LogP contribution is -2.30. The molecule has 2 nitrogen and oxygen atoms in total. The van der Waals surface area contributed by atoms with E-state index < -0.39 is 0 Å². The van der Waals surface area contributed by atoms with Crippen molar-refractivity contribution in [2.45, 2.75) is 20.4 Å². The maximum atomic E-state index is 13.1. The summed E-state index contributed by atoms with van der Waals surface area (Å²) in [6.07, 6.45) is 0. The van der Waals surface area contributed by atoms with Gasteiger partial charge in [-0.25, -0.2) is 13.5 Å². The summed E-state index contributed by atoms with van der Waals surface area (Å²) in [5, 5.41) is 0. The van der Waals surface area contributed by atoms with Crippen molar-refractivity contribution in [1.29, 1.82) is 0 Å². The van der Waals surface area contributed by atoms with Gasteiger partial charge in [0, 0.05) is 13.0 Å². The predicted molar refractivity (Wildman–Crippen MR) is 53.5 cm³/mol. The van der Waals surface area contributed by atoms with Gasteiger partial charge >= 0.3 is 0 Å². The Morgan fingerprint density at radius 1 is 1.43 bits per heavy atom. The molecule has 0 saturated carbocycles. The second-order valence-electron chi connectivity index (χ2n) is 3.48. The molecule has 0 radical (unpaired) electrons. The third-order valence-corrected chi connectivity index (χ3v) is 2.78. The molecule has 0 atom stereocenters. The van der Waals surface area contributed by atoms with Gasteiger partial charge in [0.25, 0.3) is 5.82 Å². The smallest absolute Gasteiger partial charge is 0.230 e. The average Bonchev–Trinajstić information content (AvgIpc) is 2.39. The lowest BCUT2D eigenvalue weighted by molar-refractivity contribution is -0.652. The molecule has 0 saturated heterocycles. The van der Waals surface area contributed by atoms with Gasteiger partial charge in [0.2, 0.25) is 0 Å². The first kappa shape index (κ1) is 9.19. The van der Waals surface area contributed by atoms with Gasteiger partial charge < -0.3 is 0 Å². The number of nitrogens with zero attached hydrogens (tertiary/aromatic N) is 2. The molecular weight excluding hydrogens is 179 g/mol. The van der Waals surface area contributed by atoms with Crippen LogP contribution in [-0.2, 0) is 13.6 Å². The first-order valence-corrected chi connectivity index (χ1v) is 4.79. The number of aromatic nitrogens is 2. The molecule has 0 aliphatic heterocycles. The van der Waals surface area contributed by atoms with Crippen LogP contribution in [0.15, 0.2) is 18.2 Å². The number of fused-ring (bicyclic) bond motifs is 1. The highest BCUT2D eigenvalue weighted by Gasteiger charge is 2.17. The highest BCUT2D eigenvalue weighted by atomic mass is 19.1. The summed E-state index contributed by atoms with van der Waals surface area (Å²) in [6, 6.07) is 4.91. The van der Waals surface area contributed by atoms with E-state index >= 15 is 0 Å². The van der Waals surface area contributed by atoms with Gasteiger partial charge in [-0.2, -0.15) is 0 Å². The van der Waals surface area contributed by atoms with Gasteiger partial charge in [-0.05, 0) is 19.1 Å². The van der Waals surface area contributed by atoms with Crippen molar-refractivity contribution in [3.8, 4) is 0 Å². The van der Waals surface area contributed by atoms with Crippen LogP contribution in [0.1, 0.15) is 12.7 Å². The molecule has 0 aliphatic carbocycles. The zero-order valence-corrected chi connectivity index (χ0v) is 8.71. The Labute approximate surface area is 82.6 Å². The molecule has 2 rings (SSSR count). The van der Waals surface area contributed by atoms with E-state index in [1.807, 2.05) is 20.0 Å². The SMILES string of the molecule is CCn1c(C)[n+](C)c2ccc(F)cc21. The van der Waals surface area contributed by atoms with Crippen LogP contribution in [0.2, 0.25) is 0 Å².